The molecule has 0 fully saturated rings. The summed E-state index contributed by atoms with van der Waals surface area (Å²) < 4.78 is 5.87. The molecule has 2 rings (SSSR count). The van der Waals surface area contributed by atoms with Gasteiger partial charge in [0.25, 0.3) is 0 Å². The van der Waals surface area contributed by atoms with Crippen molar-refractivity contribution in [3.05, 3.63) is 64.7 Å². The average Bonchev–Trinajstić information content (AvgIpc) is 2.60. The van der Waals surface area contributed by atoms with Gasteiger partial charge in [0, 0.05) is 11.6 Å². The van der Waals surface area contributed by atoms with Gasteiger partial charge < -0.3 is 10.1 Å². The van der Waals surface area contributed by atoms with E-state index in [1.54, 1.807) is 0 Å². The van der Waals surface area contributed by atoms with Crippen LogP contribution in [0.1, 0.15) is 50.2 Å². The fraction of sp³-hybridized carbons (Fsp3) is 0.429. The van der Waals surface area contributed by atoms with Gasteiger partial charge in [0.2, 0.25) is 0 Å². The Morgan fingerprint density at radius 1 is 0.917 bits per heavy atom. The Balaban J connectivity index is 1.71. The predicted octanol–water partition coefficient (Wildman–Crippen LogP) is 5.98. The molecule has 2 aromatic carbocycles. The van der Waals surface area contributed by atoms with Crippen LogP contribution in [0.5, 0.6) is 5.75 Å². The fourth-order valence-corrected chi connectivity index (χ4v) is 2.84. The minimum Gasteiger partial charge on any atom is -0.489 e. The number of hydrogen-bond acceptors (Lipinski definition) is 2. The smallest absolute Gasteiger partial charge is 0.120 e. The highest BCUT2D eigenvalue weighted by atomic mass is 35.5. The third-order valence-corrected chi connectivity index (χ3v) is 4.21. The lowest BCUT2D eigenvalue weighted by atomic mass is 10.1. The molecule has 2 aromatic rings. The number of nitrogens with one attached hydrogen (secondary N) is 1. The molecule has 130 valence electrons. The highest BCUT2D eigenvalue weighted by molar-refractivity contribution is 6.30. The van der Waals surface area contributed by atoms with Crippen LogP contribution in [0.3, 0.4) is 0 Å². The van der Waals surface area contributed by atoms with Gasteiger partial charge in [-0.05, 0) is 48.4 Å². The zero-order chi connectivity index (χ0) is 17.0. The molecule has 0 unspecified atom stereocenters. The zero-order valence-corrected chi connectivity index (χ0v) is 15.3. The summed E-state index contributed by atoms with van der Waals surface area (Å²) >= 11 is 6.00. The fourth-order valence-electron chi connectivity index (χ4n) is 2.62. The van der Waals surface area contributed by atoms with Crippen LogP contribution in [-0.4, -0.2) is 6.54 Å². The largest absolute Gasteiger partial charge is 0.489 e. The first-order valence-corrected chi connectivity index (χ1v) is 9.32. The lowest BCUT2D eigenvalue weighted by molar-refractivity contribution is 0.306. The molecule has 1 N–H and O–H groups in total. The van der Waals surface area contributed by atoms with Gasteiger partial charge >= 0.3 is 0 Å². The van der Waals surface area contributed by atoms with Gasteiger partial charge in [0.15, 0.2) is 0 Å². The second-order valence-electron chi connectivity index (χ2n) is 6.16. The third-order valence-electron chi connectivity index (χ3n) is 3.98. The van der Waals surface area contributed by atoms with E-state index in [2.05, 4.69) is 24.4 Å². The van der Waals surface area contributed by atoms with E-state index in [1.807, 2.05) is 36.4 Å². The molecule has 0 atom stereocenters. The van der Waals surface area contributed by atoms with E-state index in [0.29, 0.717) is 6.61 Å². The van der Waals surface area contributed by atoms with Crippen LogP contribution in [-0.2, 0) is 13.2 Å². The van der Waals surface area contributed by atoms with Crippen LogP contribution in [0.2, 0.25) is 5.02 Å². The molecule has 0 aliphatic rings. The molecule has 0 amide bonds. The molecule has 0 aliphatic carbocycles. The summed E-state index contributed by atoms with van der Waals surface area (Å²) in [5, 5.41) is 4.26. The quantitative estimate of drug-likeness (QED) is 0.506. The number of ether oxygens (including phenoxy) is 1. The van der Waals surface area contributed by atoms with Crippen LogP contribution < -0.4 is 10.1 Å². The molecular weight excluding hydrogens is 318 g/mol. The normalized spacial score (nSPS) is 10.8. The Bertz CT molecular complexity index is 600. The summed E-state index contributed by atoms with van der Waals surface area (Å²) in [6.07, 6.45) is 6.58. The molecular formula is C21H28ClNO. The van der Waals surface area contributed by atoms with E-state index in [1.165, 1.54) is 37.7 Å². The van der Waals surface area contributed by atoms with Crippen molar-refractivity contribution in [1.29, 1.82) is 0 Å². The van der Waals surface area contributed by atoms with Crippen molar-refractivity contribution < 1.29 is 4.74 Å². The van der Waals surface area contributed by atoms with Crippen LogP contribution in [0.15, 0.2) is 48.5 Å². The second kappa shape index (κ2) is 11.1. The molecule has 0 heterocycles. The Labute approximate surface area is 151 Å². The first-order valence-electron chi connectivity index (χ1n) is 8.95. The van der Waals surface area contributed by atoms with E-state index in [9.17, 15) is 0 Å². The lowest BCUT2D eigenvalue weighted by Crippen LogP contribution is -2.14. The number of halogens is 1. The molecule has 0 saturated heterocycles. The molecule has 2 nitrogen and oxygen atoms in total. The van der Waals surface area contributed by atoms with Gasteiger partial charge in [-0.25, -0.2) is 0 Å². The predicted molar refractivity (Wildman–Crippen MR) is 103 cm³/mol. The van der Waals surface area contributed by atoms with E-state index in [4.69, 9.17) is 16.3 Å². The van der Waals surface area contributed by atoms with Gasteiger partial charge in [-0.15, -0.1) is 0 Å². The van der Waals surface area contributed by atoms with Gasteiger partial charge in [0.05, 0.1) is 0 Å². The summed E-state index contributed by atoms with van der Waals surface area (Å²) in [5.41, 5.74) is 2.34. The molecule has 0 aliphatic heterocycles. The monoisotopic (exact) mass is 345 g/mol. The van der Waals surface area contributed by atoms with Crippen molar-refractivity contribution in [3.63, 3.8) is 0 Å². The molecule has 0 radical (unpaired) electrons. The molecule has 3 heteroatoms. The number of benzene rings is 2. The lowest BCUT2D eigenvalue weighted by Gasteiger charge is -2.09. The Morgan fingerprint density at radius 2 is 1.71 bits per heavy atom. The van der Waals surface area contributed by atoms with Crippen molar-refractivity contribution in [2.75, 3.05) is 6.54 Å². The van der Waals surface area contributed by atoms with Gasteiger partial charge in [-0.1, -0.05) is 68.5 Å². The maximum absolute atomic E-state index is 6.00. The summed E-state index contributed by atoms with van der Waals surface area (Å²) in [4.78, 5) is 0. The van der Waals surface area contributed by atoms with Crippen molar-refractivity contribution >= 4 is 11.6 Å². The van der Waals surface area contributed by atoms with Crippen molar-refractivity contribution in [3.8, 4) is 5.75 Å². The maximum atomic E-state index is 6.00. The SMILES string of the molecule is CCCCCCCNCc1cccc(OCc2cccc(Cl)c2)c1. The topological polar surface area (TPSA) is 21.3 Å². The van der Waals surface area contributed by atoms with Gasteiger partial charge in [-0.2, -0.15) is 0 Å². The first kappa shape index (κ1) is 18.8. The van der Waals surface area contributed by atoms with Crippen LogP contribution >= 0.6 is 11.6 Å². The van der Waals surface area contributed by atoms with Gasteiger partial charge in [0.1, 0.15) is 12.4 Å². The highest BCUT2D eigenvalue weighted by Crippen LogP contribution is 2.17. The summed E-state index contributed by atoms with van der Waals surface area (Å²) in [7, 11) is 0. The number of unbranched alkanes of at least 4 members (excludes halogenated alkanes) is 4. The van der Waals surface area contributed by atoms with E-state index in [0.717, 1.165) is 29.4 Å². The Hall–Kier alpha value is -1.51. The van der Waals surface area contributed by atoms with Crippen LogP contribution in [0.4, 0.5) is 0 Å². The maximum Gasteiger partial charge on any atom is 0.120 e. The summed E-state index contributed by atoms with van der Waals surface area (Å²) in [6, 6.07) is 16.1. The van der Waals surface area contributed by atoms with E-state index in [-0.39, 0.29) is 0 Å². The van der Waals surface area contributed by atoms with Crippen LogP contribution in [0, 0.1) is 0 Å². The standard InChI is InChI=1S/C21H28ClNO/c1-2-3-4-5-6-13-23-16-18-9-8-12-21(15-18)24-17-19-10-7-11-20(22)14-19/h7-12,14-15,23H,2-6,13,16-17H2,1H3. The zero-order valence-electron chi connectivity index (χ0n) is 14.6. The Kier molecular flexibility index (Phi) is 8.72. The third kappa shape index (κ3) is 7.37. The molecule has 0 aromatic heterocycles. The summed E-state index contributed by atoms with van der Waals surface area (Å²) in [6.45, 7) is 4.76. The average molecular weight is 346 g/mol. The number of rotatable bonds is 11. The van der Waals surface area contributed by atoms with Crippen molar-refractivity contribution in [1.82, 2.24) is 5.32 Å². The number of hydrogen-bond donors (Lipinski definition) is 1. The van der Waals surface area contributed by atoms with Crippen LogP contribution in [0.25, 0.3) is 0 Å². The summed E-state index contributed by atoms with van der Waals surface area (Å²) in [5.74, 6) is 0.900. The molecule has 0 bridgehead atoms. The minimum absolute atomic E-state index is 0.537. The van der Waals surface area contributed by atoms with E-state index >= 15 is 0 Å². The van der Waals surface area contributed by atoms with E-state index < -0.39 is 0 Å². The minimum atomic E-state index is 0.537. The Morgan fingerprint density at radius 3 is 2.54 bits per heavy atom. The van der Waals surface area contributed by atoms with Crippen molar-refractivity contribution in [2.24, 2.45) is 0 Å². The molecule has 0 saturated carbocycles. The highest BCUT2D eigenvalue weighted by Gasteiger charge is 1.99. The second-order valence-corrected chi connectivity index (χ2v) is 6.59. The molecule has 24 heavy (non-hydrogen) atoms. The van der Waals surface area contributed by atoms with Gasteiger partial charge in [-0.3, -0.25) is 0 Å². The first-order chi connectivity index (χ1) is 11.8. The van der Waals surface area contributed by atoms with Crippen molar-refractivity contribution in [2.45, 2.75) is 52.2 Å². The molecule has 0 spiro atoms.